The molecule has 0 fully saturated rings. The summed E-state index contributed by atoms with van der Waals surface area (Å²) >= 11 is 5.99. The highest BCUT2D eigenvalue weighted by atomic mass is 35.5. The highest BCUT2D eigenvalue weighted by molar-refractivity contribution is 6.44. The Morgan fingerprint density at radius 3 is 2.60 bits per heavy atom. The fraction of sp³-hybridized carbons (Fsp3) is 0.208. The molecule has 0 saturated carbocycles. The minimum absolute atomic E-state index is 0.00541. The number of anilines is 1. The standard InChI is InChI=1S/C24H24ClN5O5/c1-15(29-34-13-16-7-5-9-18(25)11-16)17-8-6-10-19(12-17)35-23-20(21(28-32)24(31)33-4)22(30(2)3)26-14-27-23/h5-12,14,32H,13H2,1-4H3. The Morgan fingerprint density at radius 2 is 1.91 bits per heavy atom. The predicted molar refractivity (Wildman–Crippen MR) is 132 cm³/mol. The zero-order valence-corrected chi connectivity index (χ0v) is 20.4. The number of ether oxygens (including phenoxy) is 2. The number of hydrogen-bond acceptors (Lipinski definition) is 10. The molecule has 1 N–H and O–H groups in total. The van der Waals surface area contributed by atoms with E-state index in [4.69, 9.17) is 25.9 Å². The highest BCUT2D eigenvalue weighted by Gasteiger charge is 2.27. The van der Waals surface area contributed by atoms with Crippen molar-refractivity contribution in [1.29, 1.82) is 0 Å². The molecule has 0 amide bonds. The zero-order chi connectivity index (χ0) is 25.4. The van der Waals surface area contributed by atoms with Gasteiger partial charge in [0, 0.05) is 24.7 Å². The van der Waals surface area contributed by atoms with Crippen LogP contribution in [0.4, 0.5) is 5.82 Å². The second-order valence-corrected chi connectivity index (χ2v) is 7.86. The fourth-order valence-electron chi connectivity index (χ4n) is 3.05. The number of halogens is 1. The van der Waals surface area contributed by atoms with E-state index in [1.807, 2.05) is 18.2 Å². The predicted octanol–water partition coefficient (Wildman–Crippen LogP) is 4.28. The summed E-state index contributed by atoms with van der Waals surface area (Å²) in [7, 11) is 4.60. The van der Waals surface area contributed by atoms with E-state index in [0.717, 1.165) is 11.1 Å². The molecular formula is C24H24ClN5O5. The smallest absolute Gasteiger partial charge is 0.361 e. The molecule has 35 heavy (non-hydrogen) atoms. The molecule has 0 spiro atoms. The first-order valence-corrected chi connectivity index (χ1v) is 10.7. The second kappa shape index (κ2) is 11.8. The van der Waals surface area contributed by atoms with Crippen LogP contribution in [0.15, 0.2) is 65.2 Å². The summed E-state index contributed by atoms with van der Waals surface area (Å²) in [6.07, 6.45) is 1.28. The lowest BCUT2D eigenvalue weighted by atomic mass is 10.1. The third-order valence-electron chi connectivity index (χ3n) is 4.72. The van der Waals surface area contributed by atoms with Gasteiger partial charge >= 0.3 is 5.97 Å². The van der Waals surface area contributed by atoms with Crippen LogP contribution in [-0.2, 0) is 21.0 Å². The van der Waals surface area contributed by atoms with Gasteiger partial charge in [0.05, 0.1) is 12.8 Å². The van der Waals surface area contributed by atoms with E-state index in [-0.39, 0.29) is 18.1 Å². The summed E-state index contributed by atoms with van der Waals surface area (Å²) in [4.78, 5) is 27.6. The molecule has 10 nitrogen and oxygen atoms in total. The summed E-state index contributed by atoms with van der Waals surface area (Å²) < 4.78 is 10.7. The minimum Gasteiger partial charge on any atom is -0.464 e. The van der Waals surface area contributed by atoms with Gasteiger partial charge in [-0.2, -0.15) is 0 Å². The van der Waals surface area contributed by atoms with Crippen molar-refractivity contribution in [2.75, 3.05) is 26.1 Å². The number of rotatable bonds is 9. The van der Waals surface area contributed by atoms with E-state index in [9.17, 15) is 10.0 Å². The number of oxime groups is 2. The summed E-state index contributed by atoms with van der Waals surface area (Å²) in [6, 6.07) is 14.4. The number of hydrogen-bond donors (Lipinski definition) is 1. The molecule has 0 atom stereocenters. The van der Waals surface area contributed by atoms with Gasteiger partial charge in [-0.3, -0.25) is 0 Å². The first kappa shape index (κ1) is 25.4. The topological polar surface area (TPSA) is 119 Å². The zero-order valence-electron chi connectivity index (χ0n) is 19.6. The largest absolute Gasteiger partial charge is 0.464 e. The van der Waals surface area contributed by atoms with Gasteiger partial charge in [0.1, 0.15) is 30.1 Å². The molecule has 0 bridgehead atoms. The van der Waals surface area contributed by atoms with E-state index >= 15 is 0 Å². The lowest BCUT2D eigenvalue weighted by Crippen LogP contribution is -2.23. The van der Waals surface area contributed by atoms with Crippen molar-refractivity contribution >= 4 is 34.8 Å². The summed E-state index contributed by atoms with van der Waals surface area (Å²) in [5.41, 5.74) is 1.93. The van der Waals surface area contributed by atoms with E-state index in [1.54, 1.807) is 56.3 Å². The number of esters is 1. The molecule has 0 aliphatic carbocycles. The summed E-state index contributed by atoms with van der Waals surface area (Å²) in [6.45, 7) is 2.06. The van der Waals surface area contributed by atoms with Crippen molar-refractivity contribution in [3.05, 3.63) is 76.6 Å². The maximum atomic E-state index is 12.2. The number of methoxy groups -OCH3 is 1. The minimum atomic E-state index is -0.871. The average molecular weight is 498 g/mol. The van der Waals surface area contributed by atoms with Crippen molar-refractivity contribution in [2.24, 2.45) is 10.3 Å². The van der Waals surface area contributed by atoms with E-state index in [2.05, 4.69) is 20.3 Å². The Hall–Kier alpha value is -4.18. The Bertz CT molecular complexity index is 1260. The summed E-state index contributed by atoms with van der Waals surface area (Å²) in [5.74, 6) is -0.162. The van der Waals surface area contributed by atoms with Gasteiger partial charge in [0.25, 0.3) is 0 Å². The Kier molecular flexibility index (Phi) is 8.58. The van der Waals surface area contributed by atoms with Crippen molar-refractivity contribution < 1.29 is 24.3 Å². The van der Waals surface area contributed by atoms with Crippen LogP contribution >= 0.6 is 11.6 Å². The van der Waals surface area contributed by atoms with Crippen LogP contribution in [0.2, 0.25) is 5.02 Å². The monoisotopic (exact) mass is 497 g/mol. The van der Waals surface area contributed by atoms with Crippen LogP contribution in [0.3, 0.4) is 0 Å². The van der Waals surface area contributed by atoms with E-state index < -0.39 is 11.7 Å². The molecule has 0 aliphatic rings. The molecule has 1 aromatic heterocycles. The lowest BCUT2D eigenvalue weighted by molar-refractivity contribution is -0.132. The van der Waals surface area contributed by atoms with Gasteiger partial charge < -0.3 is 24.4 Å². The van der Waals surface area contributed by atoms with Gasteiger partial charge in [-0.15, -0.1) is 0 Å². The molecule has 3 rings (SSSR count). The first-order valence-electron chi connectivity index (χ1n) is 10.4. The second-order valence-electron chi connectivity index (χ2n) is 7.42. The number of carbonyl (C=O) groups excluding carboxylic acids is 1. The van der Waals surface area contributed by atoms with Crippen molar-refractivity contribution in [3.63, 3.8) is 0 Å². The average Bonchev–Trinajstić information content (AvgIpc) is 2.85. The maximum absolute atomic E-state index is 12.2. The summed E-state index contributed by atoms with van der Waals surface area (Å²) in [5, 5.41) is 17.4. The van der Waals surface area contributed by atoms with E-state index in [0.29, 0.717) is 22.3 Å². The number of benzene rings is 2. The van der Waals surface area contributed by atoms with Gasteiger partial charge in [0.15, 0.2) is 0 Å². The number of aromatic nitrogens is 2. The van der Waals surface area contributed by atoms with Gasteiger partial charge in [-0.1, -0.05) is 46.2 Å². The molecule has 11 heteroatoms. The quantitative estimate of drug-likeness (QED) is 0.201. The third kappa shape index (κ3) is 6.45. The Labute approximate surface area is 207 Å². The molecule has 2 aromatic carbocycles. The molecule has 0 radical (unpaired) electrons. The molecule has 0 aliphatic heterocycles. The van der Waals surface area contributed by atoms with Crippen LogP contribution in [0, 0.1) is 0 Å². The van der Waals surface area contributed by atoms with Crippen LogP contribution in [-0.4, -0.2) is 53.8 Å². The van der Waals surface area contributed by atoms with Gasteiger partial charge in [-0.05, 0) is 36.8 Å². The molecule has 3 aromatic rings. The normalized spacial score (nSPS) is 11.7. The number of nitrogens with zero attached hydrogens (tertiary/aromatic N) is 5. The molecule has 182 valence electrons. The van der Waals surface area contributed by atoms with Crippen LogP contribution in [0.5, 0.6) is 11.6 Å². The van der Waals surface area contributed by atoms with Gasteiger partial charge in [0.2, 0.25) is 11.6 Å². The highest BCUT2D eigenvalue weighted by Crippen LogP contribution is 2.30. The first-order chi connectivity index (χ1) is 16.8. The molecule has 1 heterocycles. The molecule has 0 saturated heterocycles. The van der Waals surface area contributed by atoms with Crippen molar-refractivity contribution in [1.82, 2.24) is 9.97 Å². The van der Waals surface area contributed by atoms with Crippen molar-refractivity contribution in [3.8, 4) is 11.6 Å². The van der Waals surface area contributed by atoms with Crippen LogP contribution in [0.1, 0.15) is 23.6 Å². The third-order valence-corrected chi connectivity index (χ3v) is 4.95. The van der Waals surface area contributed by atoms with Crippen LogP contribution < -0.4 is 9.64 Å². The molecular weight excluding hydrogens is 474 g/mol. The number of carbonyl (C=O) groups is 1. The maximum Gasteiger partial charge on any atom is 0.361 e. The van der Waals surface area contributed by atoms with Gasteiger partial charge in [-0.25, -0.2) is 14.8 Å². The lowest BCUT2D eigenvalue weighted by Gasteiger charge is -2.18. The fourth-order valence-corrected chi connectivity index (χ4v) is 3.27. The Morgan fingerprint density at radius 1 is 1.14 bits per heavy atom. The van der Waals surface area contributed by atoms with Crippen LogP contribution in [0.25, 0.3) is 0 Å². The SMILES string of the molecule is COC(=O)C(=NO)c1c(Oc2cccc(C(C)=NOCc3cccc(Cl)c3)c2)ncnc1N(C)C. The molecule has 0 unspecified atom stereocenters. The Balaban J connectivity index is 1.86. The van der Waals surface area contributed by atoms with E-state index in [1.165, 1.54) is 13.4 Å². The van der Waals surface area contributed by atoms with Crippen molar-refractivity contribution in [2.45, 2.75) is 13.5 Å².